The van der Waals surface area contributed by atoms with Gasteiger partial charge in [0.1, 0.15) is 11.4 Å². The van der Waals surface area contributed by atoms with Crippen molar-refractivity contribution < 1.29 is 28.2 Å². The molecule has 0 aliphatic carbocycles. The minimum atomic E-state index is -1.31. The Bertz CT molecular complexity index is 967. The summed E-state index contributed by atoms with van der Waals surface area (Å²) in [6, 6.07) is 6.12. The smallest absolute Gasteiger partial charge is 0.256 e. The van der Waals surface area contributed by atoms with Gasteiger partial charge < -0.3 is 31.5 Å². The number of hydrogen-bond acceptors (Lipinski definition) is 6. The lowest BCUT2D eigenvalue weighted by Gasteiger charge is -2.46. The Morgan fingerprint density at radius 2 is 1.94 bits per heavy atom. The Kier molecular flexibility index (Phi) is 6.85. The molecule has 2 aromatic carbocycles. The van der Waals surface area contributed by atoms with Crippen LogP contribution in [0.2, 0.25) is 0 Å². The topological polar surface area (TPSA) is 111 Å². The van der Waals surface area contributed by atoms with Gasteiger partial charge in [0.05, 0.1) is 36.1 Å². The van der Waals surface area contributed by atoms with Gasteiger partial charge in [-0.25, -0.2) is 13.2 Å². The van der Waals surface area contributed by atoms with Gasteiger partial charge in [-0.3, -0.25) is 4.79 Å². The van der Waals surface area contributed by atoms with Crippen LogP contribution in [0.15, 0.2) is 30.3 Å². The van der Waals surface area contributed by atoms with Crippen molar-refractivity contribution in [2.75, 3.05) is 38.0 Å². The van der Waals surface area contributed by atoms with E-state index in [1.165, 1.54) is 17.0 Å². The number of hydrogen-bond donors (Lipinski definition) is 5. The standard InChI is InChI=1S/C21H25F3N4O3/c1-12-2-5-17(16(23)6-12)27-19-14(3-4-15(22)18(19)24)20(30)28-10-21(31,11-28)9-26-8-13(29)7-25/h2-6,13,26-27,29,31H,7-11,25H2,1H3. The molecule has 168 valence electrons. The fraction of sp³-hybridized carbons (Fsp3) is 0.381. The Hall–Kier alpha value is -2.66. The van der Waals surface area contributed by atoms with Gasteiger partial charge in [-0.05, 0) is 36.8 Å². The van der Waals surface area contributed by atoms with Gasteiger partial charge in [0.25, 0.3) is 5.91 Å². The lowest BCUT2D eigenvalue weighted by atomic mass is 9.92. The van der Waals surface area contributed by atoms with E-state index in [1.54, 1.807) is 13.0 Å². The molecule has 2 aromatic rings. The van der Waals surface area contributed by atoms with Crippen LogP contribution in [0.3, 0.4) is 0 Å². The molecule has 0 saturated carbocycles. The molecule has 0 spiro atoms. The lowest BCUT2D eigenvalue weighted by molar-refractivity contribution is -0.0792. The number of carbonyl (C=O) groups is 1. The van der Waals surface area contributed by atoms with Crippen LogP contribution in [0.5, 0.6) is 0 Å². The van der Waals surface area contributed by atoms with Crippen LogP contribution in [-0.4, -0.2) is 65.4 Å². The van der Waals surface area contributed by atoms with Crippen molar-refractivity contribution in [2.24, 2.45) is 5.73 Å². The molecule has 3 rings (SSSR count). The summed E-state index contributed by atoms with van der Waals surface area (Å²) in [5.74, 6) is -3.81. The van der Waals surface area contributed by atoms with E-state index in [2.05, 4.69) is 10.6 Å². The van der Waals surface area contributed by atoms with Crippen LogP contribution >= 0.6 is 0 Å². The van der Waals surface area contributed by atoms with Gasteiger partial charge >= 0.3 is 0 Å². The summed E-state index contributed by atoms with van der Waals surface area (Å²) in [5.41, 5.74) is 3.96. The van der Waals surface area contributed by atoms with E-state index in [-0.39, 0.29) is 44.0 Å². The van der Waals surface area contributed by atoms with E-state index in [9.17, 15) is 28.2 Å². The Morgan fingerprint density at radius 1 is 1.23 bits per heavy atom. The fourth-order valence-corrected chi connectivity index (χ4v) is 3.35. The monoisotopic (exact) mass is 438 g/mol. The summed E-state index contributed by atoms with van der Waals surface area (Å²) in [5, 5.41) is 25.2. The molecular formula is C21H25F3N4O3. The molecule has 1 aliphatic rings. The normalized spacial score (nSPS) is 16.0. The van der Waals surface area contributed by atoms with E-state index < -0.39 is 40.8 Å². The van der Waals surface area contributed by atoms with E-state index >= 15 is 0 Å². The summed E-state index contributed by atoms with van der Waals surface area (Å²) in [7, 11) is 0. The number of likely N-dealkylation sites (tertiary alicyclic amines) is 1. The fourth-order valence-electron chi connectivity index (χ4n) is 3.35. The van der Waals surface area contributed by atoms with Crippen molar-refractivity contribution in [3.63, 3.8) is 0 Å². The van der Waals surface area contributed by atoms with Crippen molar-refractivity contribution in [3.8, 4) is 0 Å². The number of aliphatic hydroxyl groups excluding tert-OH is 1. The largest absolute Gasteiger partial charge is 0.390 e. The first-order valence-electron chi connectivity index (χ1n) is 9.75. The van der Waals surface area contributed by atoms with Crippen molar-refractivity contribution in [1.29, 1.82) is 0 Å². The van der Waals surface area contributed by atoms with E-state index in [1.807, 2.05) is 0 Å². The first-order chi connectivity index (χ1) is 14.6. The number of benzene rings is 2. The van der Waals surface area contributed by atoms with Crippen LogP contribution < -0.4 is 16.4 Å². The molecule has 1 atom stereocenters. The zero-order valence-electron chi connectivity index (χ0n) is 17.0. The highest BCUT2D eigenvalue weighted by Gasteiger charge is 2.44. The minimum absolute atomic E-state index is 0.0467. The molecule has 10 heteroatoms. The van der Waals surface area contributed by atoms with E-state index in [4.69, 9.17) is 5.73 Å². The van der Waals surface area contributed by atoms with Crippen LogP contribution in [0.4, 0.5) is 24.5 Å². The molecule has 1 unspecified atom stereocenters. The van der Waals surface area contributed by atoms with Crippen LogP contribution in [0, 0.1) is 24.4 Å². The molecule has 6 N–H and O–H groups in total. The summed E-state index contributed by atoms with van der Waals surface area (Å²) < 4.78 is 42.5. The van der Waals surface area contributed by atoms with Gasteiger partial charge in [0, 0.05) is 19.6 Å². The SMILES string of the molecule is Cc1ccc(Nc2c(C(=O)N3CC(O)(CNCC(O)CN)C3)ccc(F)c2F)c(F)c1. The van der Waals surface area contributed by atoms with Crippen LogP contribution in [0.1, 0.15) is 15.9 Å². The number of rotatable bonds is 8. The molecular weight excluding hydrogens is 413 g/mol. The van der Waals surface area contributed by atoms with Gasteiger partial charge in [0.2, 0.25) is 0 Å². The maximum Gasteiger partial charge on any atom is 0.256 e. The summed E-state index contributed by atoms with van der Waals surface area (Å²) in [4.78, 5) is 14.1. The summed E-state index contributed by atoms with van der Waals surface area (Å²) in [6.07, 6.45) is -0.751. The number of nitrogens with zero attached hydrogens (tertiary/aromatic N) is 1. The average Bonchev–Trinajstić information content (AvgIpc) is 2.70. The van der Waals surface area contributed by atoms with Crippen molar-refractivity contribution >= 4 is 17.3 Å². The van der Waals surface area contributed by atoms with Crippen molar-refractivity contribution in [1.82, 2.24) is 10.2 Å². The number of β-amino-alcohol motifs (C(OH)–C–C–N with tert-alkyl or cyclic N) is 1. The zero-order chi connectivity index (χ0) is 22.8. The molecule has 0 bridgehead atoms. The number of halogens is 3. The third-order valence-electron chi connectivity index (χ3n) is 5.07. The number of aryl methyl sites for hydroxylation is 1. The number of aliphatic hydroxyl groups is 2. The highest BCUT2D eigenvalue weighted by atomic mass is 19.2. The van der Waals surface area contributed by atoms with Gasteiger partial charge in [0.15, 0.2) is 11.6 Å². The average molecular weight is 438 g/mol. The Balaban J connectivity index is 1.74. The predicted octanol–water partition coefficient (Wildman–Crippen LogP) is 1.25. The third-order valence-corrected chi connectivity index (χ3v) is 5.07. The Labute approximate surface area is 177 Å². The first kappa shape index (κ1) is 23.0. The molecule has 1 saturated heterocycles. The summed E-state index contributed by atoms with van der Waals surface area (Å²) in [6.45, 7) is 1.96. The highest BCUT2D eigenvalue weighted by molar-refractivity contribution is 6.01. The molecule has 0 aromatic heterocycles. The molecule has 7 nitrogen and oxygen atoms in total. The first-order valence-corrected chi connectivity index (χ1v) is 9.75. The maximum atomic E-state index is 14.5. The molecule has 31 heavy (non-hydrogen) atoms. The maximum absolute atomic E-state index is 14.5. The van der Waals surface area contributed by atoms with Crippen molar-refractivity contribution in [2.45, 2.75) is 18.6 Å². The van der Waals surface area contributed by atoms with Crippen LogP contribution in [-0.2, 0) is 0 Å². The molecule has 1 heterocycles. The summed E-state index contributed by atoms with van der Waals surface area (Å²) >= 11 is 0. The zero-order valence-corrected chi connectivity index (χ0v) is 17.0. The van der Waals surface area contributed by atoms with Gasteiger partial charge in [-0.2, -0.15) is 0 Å². The second-order valence-corrected chi connectivity index (χ2v) is 7.80. The van der Waals surface area contributed by atoms with Gasteiger partial charge in [-0.15, -0.1) is 0 Å². The molecule has 0 radical (unpaired) electrons. The number of anilines is 2. The lowest BCUT2D eigenvalue weighted by Crippen LogP contribution is -2.67. The van der Waals surface area contributed by atoms with Crippen LogP contribution in [0.25, 0.3) is 0 Å². The van der Waals surface area contributed by atoms with E-state index in [0.717, 1.165) is 12.1 Å². The Morgan fingerprint density at radius 3 is 2.58 bits per heavy atom. The minimum Gasteiger partial charge on any atom is -0.390 e. The number of nitrogens with two attached hydrogens (primary N) is 1. The number of carbonyl (C=O) groups excluding carboxylic acids is 1. The second-order valence-electron chi connectivity index (χ2n) is 7.80. The van der Waals surface area contributed by atoms with Crippen molar-refractivity contribution in [3.05, 3.63) is 58.9 Å². The quantitative estimate of drug-likeness (QED) is 0.424. The van der Waals surface area contributed by atoms with Gasteiger partial charge in [-0.1, -0.05) is 6.07 Å². The number of amides is 1. The third kappa shape index (κ3) is 5.16. The molecule has 1 fully saturated rings. The highest BCUT2D eigenvalue weighted by Crippen LogP contribution is 2.31. The predicted molar refractivity (Wildman–Crippen MR) is 110 cm³/mol. The number of nitrogens with one attached hydrogen (secondary N) is 2. The second kappa shape index (κ2) is 9.23. The molecule has 1 amide bonds. The van der Waals surface area contributed by atoms with E-state index in [0.29, 0.717) is 5.56 Å². The molecule has 1 aliphatic heterocycles.